The monoisotopic (exact) mass is 801 g/mol. The smallest absolute Gasteiger partial charge is 0.387 e. The molecule has 56 heavy (non-hydrogen) atoms. The molecule has 3 aromatic rings. The van der Waals surface area contributed by atoms with E-state index in [-0.39, 0.29) is 30.3 Å². The van der Waals surface area contributed by atoms with E-state index in [9.17, 15) is 29.3 Å². The quantitative estimate of drug-likeness (QED) is 0.0370. The van der Waals surface area contributed by atoms with E-state index in [1.807, 2.05) is 6.07 Å². The number of aliphatic hydroxyl groups excluding tert-OH is 2. The van der Waals surface area contributed by atoms with Crippen molar-refractivity contribution in [3.8, 4) is 18.4 Å². The number of nitriles is 1. The van der Waals surface area contributed by atoms with Gasteiger partial charge in [-0.05, 0) is 42.3 Å². The molecule has 1 aromatic carbocycles. The summed E-state index contributed by atoms with van der Waals surface area (Å²) < 4.78 is 56.5. The molecule has 5 N–H and O–H groups in total. The Hall–Kier alpha value is -3.47. The Bertz CT molecular complexity index is 1780. The van der Waals surface area contributed by atoms with Gasteiger partial charge in [0.05, 0.1) is 43.8 Å². The molecule has 14 nitrogen and oxygen atoms in total. The highest BCUT2D eigenvalue weighted by molar-refractivity contribution is 7.47. The zero-order valence-corrected chi connectivity index (χ0v) is 33.2. The molecule has 0 aliphatic carbocycles. The Labute approximate surface area is 329 Å². The molecule has 1 unspecified atom stereocenters. The van der Waals surface area contributed by atoms with Crippen LogP contribution in [0.3, 0.4) is 0 Å². The molecular formula is C40H57FN5O9P. The summed E-state index contributed by atoms with van der Waals surface area (Å²) in [6.07, 6.45) is 18.7. The van der Waals surface area contributed by atoms with Crippen molar-refractivity contribution in [1.82, 2.24) is 14.6 Å². The minimum absolute atomic E-state index is 0.000457. The minimum atomic E-state index is -4.80. The van der Waals surface area contributed by atoms with Crippen LogP contribution in [-0.2, 0) is 40.0 Å². The molecule has 0 amide bonds. The van der Waals surface area contributed by atoms with Gasteiger partial charge in [-0.25, -0.2) is 18.5 Å². The molecule has 0 saturated carbocycles. The summed E-state index contributed by atoms with van der Waals surface area (Å²) in [6, 6.07) is 8.80. The Kier molecular flexibility index (Phi) is 18.6. The first kappa shape index (κ1) is 45.2. The van der Waals surface area contributed by atoms with Crippen molar-refractivity contribution in [2.24, 2.45) is 0 Å². The third-order valence-electron chi connectivity index (χ3n) is 9.88. The van der Waals surface area contributed by atoms with E-state index in [0.29, 0.717) is 17.7 Å². The Balaban J connectivity index is 1.23. The highest BCUT2D eigenvalue weighted by Crippen LogP contribution is 2.46. The van der Waals surface area contributed by atoms with E-state index in [2.05, 4.69) is 22.9 Å². The van der Waals surface area contributed by atoms with Gasteiger partial charge >= 0.3 is 7.82 Å². The number of halogens is 1. The van der Waals surface area contributed by atoms with Crippen LogP contribution in [0.4, 0.5) is 10.2 Å². The van der Waals surface area contributed by atoms with Crippen molar-refractivity contribution in [3.05, 3.63) is 59.3 Å². The normalized spacial score (nSPS) is 21.2. The second kappa shape index (κ2) is 23.1. The molecule has 1 fully saturated rings. The number of unbranched alkanes of at least 4 members (excludes halogenated alkanes) is 13. The predicted molar refractivity (Wildman–Crippen MR) is 207 cm³/mol. The van der Waals surface area contributed by atoms with Gasteiger partial charge in [-0.2, -0.15) is 10.4 Å². The first-order valence-electron chi connectivity index (χ1n) is 19.6. The molecule has 308 valence electrons. The van der Waals surface area contributed by atoms with Crippen LogP contribution in [0.2, 0.25) is 0 Å². The van der Waals surface area contributed by atoms with Crippen LogP contribution < -0.4 is 5.73 Å². The molecule has 3 heterocycles. The zero-order chi connectivity index (χ0) is 40.4. The van der Waals surface area contributed by atoms with Crippen LogP contribution in [0.15, 0.2) is 36.7 Å². The van der Waals surface area contributed by atoms with Crippen molar-refractivity contribution < 1.29 is 47.3 Å². The SMILES string of the molecule is C#C[C@@]1(c2ccc3c(N)ncnn23)O[C@H](COP(=O)(O)OC[C@@H](COCCCCCCCCCCCCCCCC)OCc2cc(F)cc(C#N)c2)[C@@H](O)[C@H]1O. The van der Waals surface area contributed by atoms with E-state index in [0.717, 1.165) is 25.3 Å². The molecule has 4 rings (SSSR count). The number of anilines is 1. The van der Waals surface area contributed by atoms with Crippen LogP contribution in [-0.4, -0.2) is 80.5 Å². The lowest BCUT2D eigenvalue weighted by atomic mass is 9.92. The Morgan fingerprint density at radius 1 is 1.02 bits per heavy atom. The maximum atomic E-state index is 14.1. The molecule has 1 aliphatic heterocycles. The van der Waals surface area contributed by atoms with Crippen molar-refractivity contribution in [2.75, 3.05) is 32.2 Å². The standard InChI is InChI=1S/C40H57FN5O9P/c1-3-5-6-7-8-9-10-11-12-13-14-15-16-17-20-51-26-33(52-25-31-21-30(24-42)22-32(41)23-31)27-53-56(49,50)54-28-35-37(47)38(48)40(4-2,55-35)36-19-18-34-39(43)44-29-45-46(34)36/h2,18-19,21-23,29,33,35,37-38,47-48H,3,5-17,20,25-28H2,1H3,(H,49,50)(H2,43,44,45)/t33-,35-,37-,38-,40+/m1/s1. The van der Waals surface area contributed by atoms with Gasteiger partial charge in [0, 0.05) is 6.61 Å². The number of benzene rings is 1. The van der Waals surface area contributed by atoms with E-state index in [1.165, 1.54) is 99.7 Å². The van der Waals surface area contributed by atoms with Crippen LogP contribution in [0, 0.1) is 29.5 Å². The summed E-state index contributed by atoms with van der Waals surface area (Å²) in [5.41, 5.74) is 5.09. The second-order valence-corrected chi connectivity index (χ2v) is 15.7. The number of nitrogen functional groups attached to an aromatic ring is 1. The van der Waals surface area contributed by atoms with Gasteiger partial charge in [-0.1, -0.05) is 96.3 Å². The number of terminal acetylenes is 1. The van der Waals surface area contributed by atoms with E-state index < -0.39 is 56.9 Å². The molecule has 6 atom stereocenters. The van der Waals surface area contributed by atoms with Crippen LogP contribution in [0.1, 0.15) is 114 Å². The number of phosphoric acid groups is 1. The van der Waals surface area contributed by atoms with Crippen LogP contribution >= 0.6 is 7.82 Å². The summed E-state index contributed by atoms with van der Waals surface area (Å²) in [5.74, 6) is 1.93. The number of rotatable bonds is 27. The summed E-state index contributed by atoms with van der Waals surface area (Å²) in [5, 5.41) is 35.2. The topological polar surface area (TPSA) is 204 Å². The molecule has 1 saturated heterocycles. The van der Waals surface area contributed by atoms with Gasteiger partial charge in [0.25, 0.3) is 0 Å². The molecule has 2 aromatic heterocycles. The molecule has 0 spiro atoms. The van der Waals surface area contributed by atoms with Crippen molar-refractivity contribution in [2.45, 2.75) is 133 Å². The van der Waals surface area contributed by atoms with E-state index in [4.69, 9.17) is 35.4 Å². The van der Waals surface area contributed by atoms with Crippen molar-refractivity contribution >= 4 is 19.2 Å². The fraction of sp³-hybridized carbons (Fsp3) is 0.625. The molecule has 16 heteroatoms. The Morgan fingerprint density at radius 2 is 1.68 bits per heavy atom. The number of fused-ring (bicyclic) bond motifs is 1. The second-order valence-electron chi connectivity index (χ2n) is 14.3. The number of aromatic nitrogens is 3. The number of ether oxygens (including phenoxy) is 3. The zero-order valence-electron chi connectivity index (χ0n) is 32.3. The Morgan fingerprint density at radius 3 is 2.32 bits per heavy atom. The van der Waals surface area contributed by atoms with Gasteiger partial charge in [-0.15, -0.1) is 6.42 Å². The number of hydrogen-bond acceptors (Lipinski definition) is 12. The average Bonchev–Trinajstić information content (AvgIpc) is 3.73. The van der Waals surface area contributed by atoms with Crippen molar-refractivity contribution in [3.63, 3.8) is 0 Å². The summed E-state index contributed by atoms with van der Waals surface area (Å²) in [7, 11) is -4.80. The first-order chi connectivity index (χ1) is 27.0. The highest BCUT2D eigenvalue weighted by atomic mass is 31.2. The summed E-state index contributed by atoms with van der Waals surface area (Å²) in [4.78, 5) is 14.5. The fourth-order valence-electron chi connectivity index (χ4n) is 6.75. The minimum Gasteiger partial charge on any atom is -0.387 e. The number of nitrogens with two attached hydrogens (primary N) is 1. The number of phosphoric ester groups is 1. The number of aliphatic hydroxyl groups is 2. The predicted octanol–water partition coefficient (Wildman–Crippen LogP) is 6.49. The van der Waals surface area contributed by atoms with Crippen molar-refractivity contribution in [1.29, 1.82) is 5.26 Å². The van der Waals surface area contributed by atoms with Gasteiger partial charge in [0.1, 0.15) is 42.1 Å². The maximum Gasteiger partial charge on any atom is 0.472 e. The summed E-state index contributed by atoms with van der Waals surface area (Å²) >= 11 is 0. The van der Waals surface area contributed by atoms with Gasteiger partial charge in [-0.3, -0.25) is 9.05 Å². The molecular weight excluding hydrogens is 744 g/mol. The number of nitrogens with zero attached hydrogens (tertiary/aromatic N) is 4. The maximum absolute atomic E-state index is 14.1. The summed E-state index contributed by atoms with van der Waals surface area (Å²) in [6.45, 7) is 1.42. The third kappa shape index (κ3) is 13.3. The molecule has 0 bridgehead atoms. The first-order valence-corrected chi connectivity index (χ1v) is 21.1. The lowest BCUT2D eigenvalue weighted by Crippen LogP contribution is -2.41. The lowest BCUT2D eigenvalue weighted by molar-refractivity contribution is -0.0681. The van der Waals surface area contributed by atoms with Crippen LogP contribution in [0.25, 0.3) is 5.52 Å². The van der Waals surface area contributed by atoms with Gasteiger partial charge < -0.3 is 35.1 Å². The average molecular weight is 802 g/mol. The third-order valence-corrected chi connectivity index (χ3v) is 10.8. The molecule has 0 radical (unpaired) electrons. The van der Waals surface area contributed by atoms with E-state index >= 15 is 0 Å². The largest absolute Gasteiger partial charge is 0.472 e. The molecule has 1 aliphatic rings. The lowest BCUT2D eigenvalue weighted by Gasteiger charge is -2.26. The highest BCUT2D eigenvalue weighted by Gasteiger charge is 2.56. The van der Waals surface area contributed by atoms with E-state index in [1.54, 1.807) is 6.07 Å². The number of hydrogen-bond donors (Lipinski definition) is 4. The van der Waals surface area contributed by atoms with Gasteiger partial charge in [0.15, 0.2) is 11.4 Å². The van der Waals surface area contributed by atoms with Crippen LogP contribution in [0.5, 0.6) is 0 Å². The fourth-order valence-corrected chi connectivity index (χ4v) is 7.51. The van der Waals surface area contributed by atoms with Gasteiger partial charge in [0.2, 0.25) is 0 Å².